The Morgan fingerprint density at radius 3 is 2.64 bits per heavy atom. The highest BCUT2D eigenvalue weighted by Crippen LogP contribution is 2.26. The zero-order chi connectivity index (χ0) is 20.1. The molecule has 0 saturated carbocycles. The molecule has 0 atom stereocenters. The maximum absolute atomic E-state index is 13.0. The summed E-state index contributed by atoms with van der Waals surface area (Å²) in [6, 6.07) is 10.4. The fraction of sp³-hybridized carbons (Fsp3) is 0.150. The fourth-order valence-electron chi connectivity index (χ4n) is 2.57. The molecule has 3 N–H and O–H groups in total. The number of halogens is 1. The van der Waals surface area contributed by atoms with Crippen LogP contribution in [0.3, 0.4) is 0 Å². The van der Waals surface area contributed by atoms with E-state index in [1.807, 2.05) is 0 Å². The molecular weight excluding hydrogens is 365 g/mol. The van der Waals surface area contributed by atoms with E-state index in [0.29, 0.717) is 28.7 Å². The largest absolute Gasteiger partial charge is 0.495 e. The molecule has 7 nitrogen and oxygen atoms in total. The van der Waals surface area contributed by atoms with Gasteiger partial charge in [0, 0.05) is 24.0 Å². The van der Waals surface area contributed by atoms with Crippen molar-refractivity contribution in [2.45, 2.75) is 12.8 Å². The molecule has 0 saturated heterocycles. The van der Waals surface area contributed by atoms with E-state index in [2.05, 4.69) is 10.3 Å². The highest BCUT2D eigenvalue weighted by Gasteiger charge is 2.13. The van der Waals surface area contributed by atoms with Crippen LogP contribution in [-0.4, -0.2) is 23.9 Å². The molecule has 1 heterocycles. The first kappa shape index (κ1) is 19.1. The Kier molecular flexibility index (Phi) is 5.69. The number of hydrogen-bond donors (Lipinski definition) is 2. The van der Waals surface area contributed by atoms with Gasteiger partial charge in [-0.25, -0.2) is 9.37 Å². The average Bonchev–Trinajstić information content (AvgIpc) is 3.16. The van der Waals surface area contributed by atoms with Gasteiger partial charge in [0.1, 0.15) is 11.6 Å². The van der Waals surface area contributed by atoms with Crippen molar-refractivity contribution in [2.75, 3.05) is 12.4 Å². The van der Waals surface area contributed by atoms with Crippen LogP contribution in [0.15, 0.2) is 53.1 Å². The number of hydrogen-bond acceptors (Lipinski definition) is 5. The van der Waals surface area contributed by atoms with Crippen LogP contribution in [-0.2, 0) is 11.2 Å². The van der Waals surface area contributed by atoms with Crippen LogP contribution in [0, 0.1) is 5.82 Å². The maximum Gasteiger partial charge on any atom is 0.248 e. The summed E-state index contributed by atoms with van der Waals surface area (Å²) >= 11 is 0. The lowest BCUT2D eigenvalue weighted by Gasteiger charge is -2.11. The van der Waals surface area contributed by atoms with E-state index >= 15 is 0 Å². The summed E-state index contributed by atoms with van der Waals surface area (Å²) in [6.45, 7) is 0. The van der Waals surface area contributed by atoms with E-state index in [1.165, 1.54) is 37.6 Å². The lowest BCUT2D eigenvalue weighted by atomic mass is 10.1. The molecule has 0 spiro atoms. The third-order valence-electron chi connectivity index (χ3n) is 4.01. The molecule has 3 aromatic rings. The van der Waals surface area contributed by atoms with Crippen LogP contribution >= 0.6 is 0 Å². The van der Waals surface area contributed by atoms with Crippen molar-refractivity contribution < 1.29 is 23.1 Å². The number of aromatic nitrogens is 1. The number of nitrogens with zero attached hydrogens (tertiary/aromatic N) is 1. The second kappa shape index (κ2) is 8.34. The van der Waals surface area contributed by atoms with Gasteiger partial charge in [-0.3, -0.25) is 9.59 Å². The van der Waals surface area contributed by atoms with Crippen LogP contribution < -0.4 is 15.8 Å². The van der Waals surface area contributed by atoms with Crippen molar-refractivity contribution in [1.29, 1.82) is 0 Å². The van der Waals surface area contributed by atoms with Gasteiger partial charge in [0.2, 0.25) is 11.8 Å². The SMILES string of the molecule is COc1ccc(C(N)=O)cc1NC(=O)CCc1ncc(-c2ccc(F)cc2)o1. The van der Waals surface area contributed by atoms with E-state index in [9.17, 15) is 14.0 Å². The molecule has 0 radical (unpaired) electrons. The second-order valence-electron chi connectivity index (χ2n) is 5.95. The highest BCUT2D eigenvalue weighted by molar-refractivity contribution is 5.97. The van der Waals surface area contributed by atoms with Gasteiger partial charge in [0.15, 0.2) is 11.7 Å². The van der Waals surface area contributed by atoms with E-state index in [4.69, 9.17) is 14.9 Å². The van der Waals surface area contributed by atoms with Crippen molar-refractivity contribution >= 4 is 17.5 Å². The van der Waals surface area contributed by atoms with Crippen molar-refractivity contribution in [3.63, 3.8) is 0 Å². The number of nitrogens with two attached hydrogens (primary N) is 1. The monoisotopic (exact) mass is 383 g/mol. The average molecular weight is 383 g/mol. The number of oxazole rings is 1. The zero-order valence-electron chi connectivity index (χ0n) is 15.1. The summed E-state index contributed by atoms with van der Waals surface area (Å²) in [5, 5.41) is 2.69. The molecule has 2 aromatic carbocycles. The number of primary amides is 1. The molecular formula is C20H18FN3O4. The normalized spacial score (nSPS) is 10.5. The molecule has 28 heavy (non-hydrogen) atoms. The van der Waals surface area contributed by atoms with Crippen LogP contribution in [0.1, 0.15) is 22.7 Å². The maximum atomic E-state index is 13.0. The van der Waals surface area contributed by atoms with Gasteiger partial charge in [-0.1, -0.05) is 0 Å². The number of rotatable bonds is 7. The van der Waals surface area contributed by atoms with Gasteiger partial charge >= 0.3 is 0 Å². The first-order chi connectivity index (χ1) is 13.5. The molecule has 0 aliphatic carbocycles. The molecule has 0 unspecified atom stereocenters. The molecule has 144 valence electrons. The molecule has 0 aliphatic heterocycles. The van der Waals surface area contributed by atoms with Crippen molar-refractivity contribution in [1.82, 2.24) is 4.98 Å². The topological polar surface area (TPSA) is 107 Å². The summed E-state index contributed by atoms with van der Waals surface area (Å²) in [6.07, 6.45) is 1.90. The molecule has 3 rings (SSSR count). The molecule has 8 heteroatoms. The Balaban J connectivity index is 1.63. The van der Waals surface area contributed by atoms with Crippen LogP contribution in [0.2, 0.25) is 0 Å². The lowest BCUT2D eigenvalue weighted by molar-refractivity contribution is -0.116. The minimum Gasteiger partial charge on any atom is -0.495 e. The molecule has 1 aromatic heterocycles. The van der Waals surface area contributed by atoms with Gasteiger partial charge in [-0.05, 0) is 42.5 Å². The van der Waals surface area contributed by atoms with Gasteiger partial charge in [-0.2, -0.15) is 0 Å². The summed E-state index contributed by atoms with van der Waals surface area (Å²) in [5.41, 5.74) is 6.56. The molecule has 0 aliphatic rings. The Morgan fingerprint density at radius 1 is 1.21 bits per heavy atom. The highest BCUT2D eigenvalue weighted by atomic mass is 19.1. The number of aryl methyl sites for hydroxylation is 1. The summed E-state index contributed by atoms with van der Waals surface area (Å²) in [5.74, 6) is 0.0374. The number of methoxy groups -OCH3 is 1. The quantitative estimate of drug-likeness (QED) is 0.652. The van der Waals surface area contributed by atoms with Gasteiger partial charge in [0.25, 0.3) is 0 Å². The number of benzene rings is 2. The summed E-state index contributed by atoms with van der Waals surface area (Å²) in [4.78, 5) is 27.7. The summed E-state index contributed by atoms with van der Waals surface area (Å²) < 4.78 is 23.8. The minimum absolute atomic E-state index is 0.104. The molecule has 2 amide bonds. The number of anilines is 1. The van der Waals surface area contributed by atoms with Crippen LogP contribution in [0.4, 0.5) is 10.1 Å². The fourth-order valence-corrected chi connectivity index (χ4v) is 2.57. The number of carbonyl (C=O) groups excluding carboxylic acids is 2. The predicted octanol–water partition coefficient (Wildman–Crippen LogP) is 3.16. The van der Waals surface area contributed by atoms with Crippen molar-refractivity contribution in [2.24, 2.45) is 5.73 Å². The van der Waals surface area contributed by atoms with E-state index in [-0.39, 0.29) is 30.1 Å². The Labute approximate surface area is 160 Å². The van der Waals surface area contributed by atoms with Crippen LogP contribution in [0.5, 0.6) is 5.75 Å². The van der Waals surface area contributed by atoms with Crippen LogP contribution in [0.25, 0.3) is 11.3 Å². The predicted molar refractivity (Wildman–Crippen MR) is 100 cm³/mol. The first-order valence-corrected chi connectivity index (χ1v) is 8.44. The standard InChI is InChI=1S/C20H18FN3O4/c1-27-16-7-4-13(20(22)26)10-15(16)24-18(25)8-9-19-23-11-17(28-19)12-2-5-14(21)6-3-12/h2-7,10-11H,8-9H2,1H3,(H2,22,26)(H,24,25). The number of carbonyl (C=O) groups is 2. The second-order valence-corrected chi connectivity index (χ2v) is 5.95. The smallest absolute Gasteiger partial charge is 0.248 e. The Hall–Kier alpha value is -3.68. The zero-order valence-corrected chi connectivity index (χ0v) is 15.1. The molecule has 0 fully saturated rings. The number of ether oxygens (including phenoxy) is 1. The van der Waals surface area contributed by atoms with E-state index in [1.54, 1.807) is 18.2 Å². The lowest BCUT2D eigenvalue weighted by Crippen LogP contribution is -2.15. The van der Waals surface area contributed by atoms with Gasteiger partial charge < -0.3 is 20.2 Å². The van der Waals surface area contributed by atoms with E-state index in [0.717, 1.165) is 0 Å². The van der Waals surface area contributed by atoms with Crippen molar-refractivity contribution in [3.05, 3.63) is 65.9 Å². The Morgan fingerprint density at radius 2 is 1.96 bits per heavy atom. The molecule has 0 bridgehead atoms. The minimum atomic E-state index is -0.605. The van der Waals surface area contributed by atoms with Gasteiger partial charge in [-0.15, -0.1) is 0 Å². The van der Waals surface area contributed by atoms with E-state index < -0.39 is 5.91 Å². The van der Waals surface area contributed by atoms with Crippen molar-refractivity contribution in [3.8, 4) is 17.1 Å². The number of nitrogens with one attached hydrogen (secondary N) is 1. The third-order valence-corrected chi connectivity index (χ3v) is 4.01. The third kappa shape index (κ3) is 4.53. The van der Waals surface area contributed by atoms with Gasteiger partial charge in [0.05, 0.1) is 19.0 Å². The Bertz CT molecular complexity index is 999. The first-order valence-electron chi connectivity index (χ1n) is 8.44. The number of amides is 2. The summed E-state index contributed by atoms with van der Waals surface area (Å²) in [7, 11) is 1.46.